The second-order valence-corrected chi connectivity index (χ2v) is 17.6. The molecular weight excluding hydrogens is 757 g/mol. The van der Waals surface area contributed by atoms with Gasteiger partial charge in [-0.25, -0.2) is 0 Å². The Balaban J connectivity index is 2.20. The van der Waals surface area contributed by atoms with Crippen LogP contribution in [0.5, 0.6) is 0 Å². The number of esters is 1. The van der Waals surface area contributed by atoms with Crippen molar-refractivity contribution in [1.29, 1.82) is 0 Å². The van der Waals surface area contributed by atoms with Crippen LogP contribution in [-0.4, -0.2) is 89.6 Å². The lowest BCUT2D eigenvalue weighted by atomic mass is 9.99. The van der Waals surface area contributed by atoms with Gasteiger partial charge in [-0.1, -0.05) is 205 Å². The molecule has 0 aromatic heterocycles. The molecule has 1 aliphatic heterocycles. The van der Waals surface area contributed by atoms with E-state index in [0.29, 0.717) is 13.0 Å². The first kappa shape index (κ1) is 56.7. The fourth-order valence-corrected chi connectivity index (χ4v) is 7.88. The molecule has 0 aliphatic carbocycles. The predicted octanol–water partition coefficient (Wildman–Crippen LogP) is 12.1. The minimum absolute atomic E-state index is 0.110. The summed E-state index contributed by atoms with van der Waals surface area (Å²) in [4.78, 5) is 12.8. The molecular formula is C51H96O9. The summed E-state index contributed by atoms with van der Waals surface area (Å²) in [5, 5.41) is 40.2. The van der Waals surface area contributed by atoms with Crippen LogP contribution in [-0.2, 0) is 23.7 Å². The summed E-state index contributed by atoms with van der Waals surface area (Å²) in [6.45, 7) is 4.57. The van der Waals surface area contributed by atoms with Crippen molar-refractivity contribution in [2.24, 2.45) is 0 Å². The van der Waals surface area contributed by atoms with Gasteiger partial charge in [0.05, 0.1) is 19.8 Å². The van der Waals surface area contributed by atoms with E-state index in [1.54, 1.807) is 0 Å². The van der Waals surface area contributed by atoms with Crippen LogP contribution in [0.3, 0.4) is 0 Å². The van der Waals surface area contributed by atoms with Gasteiger partial charge in [-0.05, 0) is 44.9 Å². The minimum atomic E-state index is -1.53. The second-order valence-electron chi connectivity index (χ2n) is 17.6. The predicted molar refractivity (Wildman–Crippen MR) is 247 cm³/mol. The molecule has 1 aliphatic rings. The molecule has 9 nitrogen and oxygen atoms in total. The fourth-order valence-electron chi connectivity index (χ4n) is 7.88. The molecule has 0 amide bonds. The van der Waals surface area contributed by atoms with E-state index in [4.69, 9.17) is 18.9 Å². The van der Waals surface area contributed by atoms with E-state index in [9.17, 15) is 25.2 Å². The Morgan fingerprint density at radius 2 is 0.967 bits per heavy atom. The zero-order valence-electron chi connectivity index (χ0n) is 39.0. The molecule has 0 spiro atoms. The topological polar surface area (TPSA) is 135 Å². The highest BCUT2D eigenvalue weighted by Crippen LogP contribution is 2.23. The van der Waals surface area contributed by atoms with Crippen LogP contribution in [0.25, 0.3) is 0 Å². The summed E-state index contributed by atoms with van der Waals surface area (Å²) in [6, 6.07) is 0. The van der Waals surface area contributed by atoms with Crippen molar-refractivity contribution in [3.63, 3.8) is 0 Å². The largest absolute Gasteiger partial charge is 0.457 e. The van der Waals surface area contributed by atoms with Crippen molar-refractivity contribution in [2.45, 2.75) is 269 Å². The zero-order chi connectivity index (χ0) is 43.6. The molecule has 1 fully saturated rings. The number of ether oxygens (including phenoxy) is 4. The number of unbranched alkanes of at least 4 members (excludes halogenated alkanes) is 29. The van der Waals surface area contributed by atoms with E-state index in [2.05, 4.69) is 38.2 Å². The van der Waals surface area contributed by atoms with Gasteiger partial charge in [0.15, 0.2) is 6.29 Å². The molecule has 0 radical (unpaired) electrons. The lowest BCUT2D eigenvalue weighted by Gasteiger charge is -2.39. The van der Waals surface area contributed by atoms with Crippen LogP contribution >= 0.6 is 0 Å². The van der Waals surface area contributed by atoms with Crippen LogP contribution in [0.15, 0.2) is 24.3 Å². The van der Waals surface area contributed by atoms with Crippen LogP contribution in [0.1, 0.15) is 232 Å². The summed E-state index contributed by atoms with van der Waals surface area (Å²) < 4.78 is 22.9. The van der Waals surface area contributed by atoms with Gasteiger partial charge in [-0.3, -0.25) is 4.79 Å². The Labute approximate surface area is 368 Å². The van der Waals surface area contributed by atoms with Gasteiger partial charge in [-0.15, -0.1) is 0 Å². The molecule has 4 N–H and O–H groups in total. The number of aliphatic hydroxyl groups is 4. The average Bonchev–Trinajstić information content (AvgIpc) is 3.25. The quantitative estimate of drug-likeness (QED) is 0.0268. The van der Waals surface area contributed by atoms with Crippen molar-refractivity contribution >= 4 is 5.97 Å². The highest BCUT2D eigenvalue weighted by molar-refractivity contribution is 5.69. The summed E-state index contributed by atoms with van der Waals surface area (Å²) in [6.07, 6.45) is 43.5. The molecule has 0 aromatic rings. The monoisotopic (exact) mass is 853 g/mol. The number of hydrogen-bond donors (Lipinski definition) is 4. The number of hydrogen-bond acceptors (Lipinski definition) is 9. The zero-order valence-corrected chi connectivity index (χ0v) is 39.0. The van der Waals surface area contributed by atoms with Gasteiger partial charge >= 0.3 is 5.97 Å². The second kappa shape index (κ2) is 42.9. The Kier molecular flexibility index (Phi) is 40.6. The van der Waals surface area contributed by atoms with Crippen LogP contribution in [0, 0.1) is 0 Å². The number of allylic oxidation sites excluding steroid dienone is 4. The van der Waals surface area contributed by atoms with E-state index >= 15 is 0 Å². The molecule has 60 heavy (non-hydrogen) atoms. The molecule has 0 bridgehead atoms. The molecule has 1 rings (SSSR count). The molecule has 0 aromatic carbocycles. The van der Waals surface area contributed by atoms with E-state index in [1.165, 1.54) is 173 Å². The Hall–Kier alpha value is -1.33. The summed E-state index contributed by atoms with van der Waals surface area (Å²) in [5.41, 5.74) is 0. The van der Waals surface area contributed by atoms with Gasteiger partial charge in [-0.2, -0.15) is 0 Å². The molecule has 0 saturated carbocycles. The van der Waals surface area contributed by atoms with Crippen molar-refractivity contribution in [3.8, 4) is 0 Å². The summed E-state index contributed by atoms with van der Waals surface area (Å²) >= 11 is 0. The van der Waals surface area contributed by atoms with Gasteiger partial charge in [0.1, 0.15) is 30.5 Å². The number of aliphatic hydroxyl groups excluding tert-OH is 4. The lowest BCUT2D eigenvalue weighted by Crippen LogP contribution is -2.59. The smallest absolute Gasteiger partial charge is 0.306 e. The van der Waals surface area contributed by atoms with Crippen LogP contribution in [0.4, 0.5) is 0 Å². The van der Waals surface area contributed by atoms with Gasteiger partial charge in [0.25, 0.3) is 0 Å². The first-order valence-corrected chi connectivity index (χ1v) is 25.4. The Morgan fingerprint density at radius 3 is 1.47 bits per heavy atom. The number of carbonyl (C=O) groups excluding carboxylic acids is 1. The number of carbonyl (C=O) groups is 1. The molecule has 6 unspecified atom stereocenters. The molecule has 1 heterocycles. The molecule has 1 saturated heterocycles. The summed E-state index contributed by atoms with van der Waals surface area (Å²) in [7, 11) is 0. The standard InChI is InChI=1S/C51H96O9/c1-3-5-7-9-11-13-15-17-19-21-22-23-25-27-29-31-33-35-37-39-41-57-43-45(44-58-51-50(56)49(55)48(54)46(42-52)60-51)59-47(53)40-38-36-34-32-30-28-26-24-20-18-16-14-12-10-8-6-4-2/h11,13,17,19,45-46,48-52,54-56H,3-10,12,14-16,18,20-44H2,1-2H3/b13-11-,19-17-. The first-order chi connectivity index (χ1) is 29.4. The third-order valence-electron chi connectivity index (χ3n) is 11.9. The third kappa shape index (κ3) is 33.3. The number of rotatable bonds is 44. The third-order valence-corrected chi connectivity index (χ3v) is 11.9. The molecule has 6 atom stereocenters. The maximum atomic E-state index is 12.8. The summed E-state index contributed by atoms with van der Waals surface area (Å²) in [5.74, 6) is -0.310. The maximum Gasteiger partial charge on any atom is 0.306 e. The van der Waals surface area contributed by atoms with Gasteiger partial charge < -0.3 is 39.4 Å². The van der Waals surface area contributed by atoms with Gasteiger partial charge in [0.2, 0.25) is 0 Å². The highest BCUT2D eigenvalue weighted by Gasteiger charge is 2.44. The van der Waals surface area contributed by atoms with Gasteiger partial charge in [0, 0.05) is 13.0 Å². The lowest BCUT2D eigenvalue weighted by molar-refractivity contribution is -0.305. The fraction of sp³-hybridized carbons (Fsp3) is 0.902. The van der Waals surface area contributed by atoms with E-state index in [-0.39, 0.29) is 19.2 Å². The van der Waals surface area contributed by atoms with E-state index in [1.807, 2.05) is 0 Å². The van der Waals surface area contributed by atoms with Crippen molar-refractivity contribution < 1.29 is 44.2 Å². The van der Waals surface area contributed by atoms with E-state index in [0.717, 1.165) is 38.5 Å². The van der Waals surface area contributed by atoms with Crippen molar-refractivity contribution in [1.82, 2.24) is 0 Å². The SMILES string of the molecule is CCCCC/C=C\C/C=C\CCCCCCCCCCCCOCC(COC1OC(CO)C(O)C(O)C1O)OC(=O)CCCCCCCCCCCCCCCCCCC. The average molecular weight is 853 g/mol. The Bertz CT molecular complexity index is 972. The van der Waals surface area contributed by atoms with E-state index < -0.39 is 43.4 Å². The first-order valence-electron chi connectivity index (χ1n) is 25.4. The molecule has 9 heteroatoms. The molecule has 354 valence electrons. The minimum Gasteiger partial charge on any atom is -0.457 e. The van der Waals surface area contributed by atoms with Crippen LogP contribution in [0.2, 0.25) is 0 Å². The Morgan fingerprint density at radius 1 is 0.533 bits per heavy atom. The highest BCUT2D eigenvalue weighted by atomic mass is 16.7. The van der Waals surface area contributed by atoms with Crippen LogP contribution < -0.4 is 0 Å². The maximum absolute atomic E-state index is 12.8. The normalized spacial score (nSPS) is 20.1. The van der Waals surface area contributed by atoms with Crippen molar-refractivity contribution in [2.75, 3.05) is 26.4 Å². The van der Waals surface area contributed by atoms with Crippen molar-refractivity contribution in [3.05, 3.63) is 24.3 Å².